The molecule has 0 saturated carbocycles. The number of benzene rings is 7. The lowest BCUT2D eigenvalue weighted by Crippen LogP contribution is -1.94. The summed E-state index contributed by atoms with van der Waals surface area (Å²) in [5.41, 5.74) is 13.1. The second kappa shape index (κ2) is 25.3. The quantitative estimate of drug-likeness (QED) is 0.154. The maximum absolute atomic E-state index is 3.89. The maximum Gasteiger partial charge on any atom is -0.00196 e. The van der Waals surface area contributed by atoms with E-state index in [0.29, 0.717) is 0 Å². The summed E-state index contributed by atoms with van der Waals surface area (Å²) in [4.78, 5) is 0. The first kappa shape index (κ1) is 43.7. The zero-order valence-corrected chi connectivity index (χ0v) is 34.4. The summed E-state index contributed by atoms with van der Waals surface area (Å²) in [6.45, 7) is 18.7. The normalized spacial score (nSPS) is 10.0. The van der Waals surface area contributed by atoms with Gasteiger partial charge in [-0.25, -0.2) is 0 Å². The molecule has 0 aliphatic carbocycles. The Morgan fingerprint density at radius 1 is 0.491 bits per heavy atom. The van der Waals surface area contributed by atoms with Crippen LogP contribution in [0.5, 0.6) is 0 Å². The number of aryl methyl sites for hydroxylation is 4. The highest BCUT2D eigenvalue weighted by Gasteiger charge is 2.04. The van der Waals surface area contributed by atoms with Crippen molar-refractivity contribution in [3.05, 3.63) is 227 Å². The standard InChI is InChI=1S/C18H18.C14H14.C13H14.C7H8.C3H8/c1-3-9-18-16(4-2)12-8-13-17(18)14-15-10-6-5-7-11-15;1-11-3-7-13(8-4-11)14-9-5-12(2)6-10-14;1-2-6-11-8-5-9-12-7-3-4-10-13(11)12;1-7-5-3-2-4-6-7;1-3-2/h3-13H,2,14H2,1H3;3-10H,1-2H3;3-5,7-10H,2,6H2,1H3;2-6H,1H3;3H2,1-2H3/b9-3-;;;;. The molecule has 7 rings (SSSR count). The largest absolute Gasteiger partial charge is 0.0984 e. The minimum atomic E-state index is 0.961. The van der Waals surface area contributed by atoms with Crippen LogP contribution in [0.25, 0.3) is 34.1 Å². The van der Waals surface area contributed by atoms with E-state index in [1.54, 1.807) is 0 Å². The molecular weight excluding hydrogens is 661 g/mol. The number of hydrogen-bond acceptors (Lipinski definition) is 0. The van der Waals surface area contributed by atoms with E-state index in [9.17, 15) is 0 Å². The summed E-state index contributed by atoms with van der Waals surface area (Å²) in [6, 6.07) is 59.6. The van der Waals surface area contributed by atoms with Crippen molar-refractivity contribution in [2.45, 2.75) is 74.1 Å². The fourth-order valence-corrected chi connectivity index (χ4v) is 5.96. The van der Waals surface area contributed by atoms with Crippen LogP contribution in [0.3, 0.4) is 0 Å². The first-order valence-electron chi connectivity index (χ1n) is 19.9. The molecule has 0 unspecified atom stereocenters. The SMILES string of the molecule is C=Cc1cccc(Cc2ccccc2)c1/C=C\C.CCC.CCCc1cccc2ccccc12.Cc1ccc(-c2ccc(C)cc2)cc1.Cc1ccccc1. The zero-order valence-electron chi connectivity index (χ0n) is 34.4. The molecule has 0 saturated heterocycles. The minimum Gasteiger partial charge on any atom is -0.0984 e. The Morgan fingerprint density at radius 3 is 1.47 bits per heavy atom. The molecule has 0 fully saturated rings. The monoisotopic (exact) mass is 722 g/mol. The van der Waals surface area contributed by atoms with E-state index in [2.05, 4.69) is 212 Å². The average Bonchev–Trinajstić information content (AvgIpc) is 3.21. The van der Waals surface area contributed by atoms with Crippen molar-refractivity contribution in [1.82, 2.24) is 0 Å². The van der Waals surface area contributed by atoms with Gasteiger partial charge in [0, 0.05) is 0 Å². The highest BCUT2D eigenvalue weighted by molar-refractivity contribution is 5.85. The van der Waals surface area contributed by atoms with Crippen LogP contribution in [0.15, 0.2) is 183 Å². The Labute approximate surface area is 334 Å². The average molecular weight is 723 g/mol. The topological polar surface area (TPSA) is 0 Å². The number of allylic oxidation sites excluding steroid dienone is 1. The lowest BCUT2D eigenvalue weighted by Gasteiger charge is -2.09. The number of rotatable bonds is 7. The van der Waals surface area contributed by atoms with E-state index in [4.69, 9.17) is 0 Å². The lowest BCUT2D eigenvalue weighted by atomic mass is 9.95. The van der Waals surface area contributed by atoms with E-state index in [1.165, 1.54) is 85.7 Å². The van der Waals surface area contributed by atoms with Gasteiger partial charge < -0.3 is 0 Å². The highest BCUT2D eigenvalue weighted by atomic mass is 14.1. The van der Waals surface area contributed by atoms with Crippen LogP contribution in [-0.4, -0.2) is 0 Å². The van der Waals surface area contributed by atoms with Crippen molar-refractivity contribution in [3.63, 3.8) is 0 Å². The van der Waals surface area contributed by atoms with Crippen molar-refractivity contribution in [2.75, 3.05) is 0 Å². The van der Waals surface area contributed by atoms with E-state index in [0.717, 1.165) is 6.42 Å². The van der Waals surface area contributed by atoms with Gasteiger partial charge in [0.1, 0.15) is 0 Å². The Kier molecular flexibility index (Phi) is 20.1. The third kappa shape index (κ3) is 15.7. The molecule has 282 valence electrons. The predicted molar refractivity (Wildman–Crippen MR) is 247 cm³/mol. The molecule has 0 heteroatoms. The predicted octanol–water partition coefficient (Wildman–Crippen LogP) is 16.1. The smallest absolute Gasteiger partial charge is 0.00196 e. The second-order valence-electron chi connectivity index (χ2n) is 13.8. The first-order valence-corrected chi connectivity index (χ1v) is 19.9. The Balaban J connectivity index is 0.000000199. The van der Waals surface area contributed by atoms with Gasteiger partial charge in [0.25, 0.3) is 0 Å². The van der Waals surface area contributed by atoms with Gasteiger partial charge in [-0.05, 0) is 90.3 Å². The molecule has 0 amide bonds. The highest BCUT2D eigenvalue weighted by Crippen LogP contribution is 2.22. The summed E-state index contributed by atoms with van der Waals surface area (Å²) in [7, 11) is 0. The van der Waals surface area contributed by atoms with Gasteiger partial charge in [-0.3, -0.25) is 0 Å². The second-order valence-corrected chi connectivity index (χ2v) is 13.8. The molecule has 0 aromatic heterocycles. The van der Waals surface area contributed by atoms with Crippen molar-refractivity contribution in [2.24, 2.45) is 0 Å². The van der Waals surface area contributed by atoms with Crippen molar-refractivity contribution in [1.29, 1.82) is 0 Å². The minimum absolute atomic E-state index is 0.961. The summed E-state index contributed by atoms with van der Waals surface area (Å²) >= 11 is 0. The lowest BCUT2D eigenvalue weighted by molar-refractivity contribution is 0.930. The van der Waals surface area contributed by atoms with Crippen LogP contribution >= 0.6 is 0 Å². The molecule has 7 aromatic carbocycles. The Hall–Kier alpha value is -5.72. The maximum atomic E-state index is 3.89. The van der Waals surface area contributed by atoms with Gasteiger partial charge in [-0.1, -0.05) is 245 Å². The van der Waals surface area contributed by atoms with Crippen LogP contribution in [0, 0.1) is 20.8 Å². The van der Waals surface area contributed by atoms with Gasteiger partial charge in [0.15, 0.2) is 0 Å². The van der Waals surface area contributed by atoms with E-state index in [-0.39, 0.29) is 0 Å². The van der Waals surface area contributed by atoms with Crippen molar-refractivity contribution >= 4 is 22.9 Å². The molecular formula is C55H62. The van der Waals surface area contributed by atoms with Crippen molar-refractivity contribution in [3.8, 4) is 11.1 Å². The Morgan fingerprint density at radius 2 is 0.964 bits per heavy atom. The van der Waals surface area contributed by atoms with Gasteiger partial charge >= 0.3 is 0 Å². The van der Waals surface area contributed by atoms with Gasteiger partial charge in [0.05, 0.1) is 0 Å². The van der Waals surface area contributed by atoms with E-state index >= 15 is 0 Å². The van der Waals surface area contributed by atoms with Crippen LogP contribution in [0.2, 0.25) is 0 Å². The molecule has 0 nitrogen and oxygen atoms in total. The number of hydrogen-bond donors (Lipinski definition) is 0. The molecule has 7 aromatic rings. The fourth-order valence-electron chi connectivity index (χ4n) is 5.96. The summed E-state index contributed by atoms with van der Waals surface area (Å²) in [5, 5.41) is 2.76. The van der Waals surface area contributed by atoms with Gasteiger partial charge in [0.2, 0.25) is 0 Å². The van der Waals surface area contributed by atoms with Crippen LogP contribution < -0.4 is 0 Å². The van der Waals surface area contributed by atoms with Crippen LogP contribution in [-0.2, 0) is 12.8 Å². The summed E-state index contributed by atoms with van der Waals surface area (Å²) < 4.78 is 0. The molecule has 0 spiro atoms. The molecule has 0 N–H and O–H groups in total. The van der Waals surface area contributed by atoms with Gasteiger partial charge in [-0.15, -0.1) is 0 Å². The van der Waals surface area contributed by atoms with Gasteiger partial charge in [-0.2, -0.15) is 0 Å². The first-order chi connectivity index (χ1) is 26.8. The molecule has 0 aliphatic rings. The van der Waals surface area contributed by atoms with E-state index < -0.39 is 0 Å². The molecule has 0 heterocycles. The third-order valence-corrected chi connectivity index (χ3v) is 8.80. The van der Waals surface area contributed by atoms with E-state index in [1.807, 2.05) is 31.2 Å². The Bertz CT molecular complexity index is 2050. The van der Waals surface area contributed by atoms with Crippen LogP contribution in [0.4, 0.5) is 0 Å². The van der Waals surface area contributed by atoms with Crippen molar-refractivity contribution < 1.29 is 0 Å². The summed E-state index contributed by atoms with van der Waals surface area (Å²) in [6.07, 6.45) is 10.8. The summed E-state index contributed by atoms with van der Waals surface area (Å²) in [5.74, 6) is 0. The number of fused-ring (bicyclic) bond motifs is 1. The molecule has 0 atom stereocenters. The fraction of sp³-hybridized carbons (Fsp3) is 0.200. The third-order valence-electron chi connectivity index (χ3n) is 8.80. The molecule has 0 aliphatic heterocycles. The molecule has 55 heavy (non-hydrogen) atoms. The molecule has 0 bridgehead atoms. The van der Waals surface area contributed by atoms with Crippen LogP contribution in [0.1, 0.15) is 85.0 Å². The molecule has 0 radical (unpaired) electrons. The zero-order chi connectivity index (χ0) is 39.7.